The first-order valence-electron chi connectivity index (χ1n) is 3.31. The van der Waals surface area contributed by atoms with E-state index >= 15 is 0 Å². The van der Waals surface area contributed by atoms with Crippen molar-refractivity contribution in [3.05, 3.63) is 11.1 Å². The largest absolute Gasteiger partial charge is 0.309 e. The maximum absolute atomic E-state index is 4.32. The Morgan fingerprint density at radius 1 is 1.44 bits per heavy atom. The molecule has 2 heterocycles. The number of hydrogen-bond acceptors (Lipinski definition) is 2. The molecule has 2 aliphatic rings. The van der Waals surface area contributed by atoms with Crippen LogP contribution in [0.5, 0.6) is 0 Å². The van der Waals surface area contributed by atoms with Gasteiger partial charge in [0.05, 0.1) is 6.54 Å². The van der Waals surface area contributed by atoms with Crippen LogP contribution in [0.4, 0.5) is 0 Å². The smallest absolute Gasteiger partial charge is 0.0622 e. The maximum Gasteiger partial charge on any atom is 0.0622 e. The summed E-state index contributed by atoms with van der Waals surface area (Å²) in [5.74, 6) is 0. The number of nitrogens with one attached hydrogen (secondary N) is 1. The molecule has 2 nitrogen and oxygen atoms in total. The minimum absolute atomic E-state index is 0.953. The molecule has 0 spiro atoms. The van der Waals surface area contributed by atoms with Crippen LogP contribution in [0.1, 0.15) is 6.92 Å². The molecule has 0 aromatic rings. The number of nitrogens with zero attached hydrogens (tertiary/aromatic N) is 1. The summed E-state index contributed by atoms with van der Waals surface area (Å²) in [6.07, 6.45) is 0. The summed E-state index contributed by atoms with van der Waals surface area (Å²) in [6.45, 7) is 5.16. The van der Waals surface area contributed by atoms with Gasteiger partial charge in [-0.05, 0) is 18.1 Å². The Labute approximate surface area is 54.7 Å². The lowest BCUT2D eigenvalue weighted by Crippen LogP contribution is -2.12. The summed E-state index contributed by atoms with van der Waals surface area (Å²) >= 11 is 0. The summed E-state index contributed by atoms with van der Waals surface area (Å²) in [5, 5.41) is 3.30. The van der Waals surface area contributed by atoms with Crippen molar-refractivity contribution < 1.29 is 0 Å². The lowest BCUT2D eigenvalue weighted by atomic mass is 10.1. The van der Waals surface area contributed by atoms with Gasteiger partial charge in [-0.3, -0.25) is 4.99 Å². The van der Waals surface area contributed by atoms with E-state index in [9.17, 15) is 0 Å². The van der Waals surface area contributed by atoms with Crippen molar-refractivity contribution >= 4 is 5.71 Å². The molecule has 0 unspecified atom stereocenters. The highest BCUT2D eigenvalue weighted by Gasteiger charge is 2.19. The Kier molecular flexibility index (Phi) is 0.963. The van der Waals surface area contributed by atoms with E-state index < -0.39 is 0 Å². The molecule has 0 atom stereocenters. The molecule has 0 aromatic carbocycles. The van der Waals surface area contributed by atoms with Crippen LogP contribution in [-0.4, -0.2) is 25.3 Å². The van der Waals surface area contributed by atoms with Crippen molar-refractivity contribution in [1.82, 2.24) is 5.32 Å². The number of aliphatic imine (C=N–C) groups is 1. The van der Waals surface area contributed by atoms with E-state index in [-0.39, 0.29) is 0 Å². The number of hydrogen-bond donors (Lipinski definition) is 1. The van der Waals surface area contributed by atoms with Gasteiger partial charge in [0.1, 0.15) is 0 Å². The lowest BCUT2D eigenvalue weighted by Gasteiger charge is -1.94. The Morgan fingerprint density at radius 3 is 3.11 bits per heavy atom. The second-order valence-corrected chi connectivity index (χ2v) is 2.59. The van der Waals surface area contributed by atoms with Gasteiger partial charge in [0.2, 0.25) is 0 Å². The Bertz CT molecular complexity index is 201. The van der Waals surface area contributed by atoms with Crippen molar-refractivity contribution in [3.8, 4) is 0 Å². The third kappa shape index (κ3) is 0.630. The molecule has 1 N–H and O–H groups in total. The van der Waals surface area contributed by atoms with Crippen LogP contribution in [0.25, 0.3) is 0 Å². The summed E-state index contributed by atoms with van der Waals surface area (Å²) in [4.78, 5) is 4.32. The highest BCUT2D eigenvalue weighted by Crippen LogP contribution is 2.17. The quantitative estimate of drug-likeness (QED) is 0.493. The van der Waals surface area contributed by atoms with E-state index in [0.29, 0.717) is 0 Å². The highest BCUT2D eigenvalue weighted by atomic mass is 14.9. The minimum atomic E-state index is 0.953. The van der Waals surface area contributed by atoms with Gasteiger partial charge in [-0.2, -0.15) is 0 Å². The molecule has 2 heteroatoms. The van der Waals surface area contributed by atoms with Gasteiger partial charge in [0.15, 0.2) is 0 Å². The molecule has 48 valence electrons. The zero-order valence-corrected chi connectivity index (χ0v) is 5.57. The van der Waals surface area contributed by atoms with E-state index in [4.69, 9.17) is 0 Å². The summed E-state index contributed by atoms with van der Waals surface area (Å²) in [5.41, 5.74) is 4.22. The van der Waals surface area contributed by atoms with Crippen LogP contribution in [0, 0.1) is 0 Å². The molecule has 0 amide bonds. The highest BCUT2D eigenvalue weighted by molar-refractivity contribution is 6.01. The zero-order chi connectivity index (χ0) is 6.27. The molecule has 0 saturated carbocycles. The van der Waals surface area contributed by atoms with Gasteiger partial charge in [0, 0.05) is 18.8 Å². The van der Waals surface area contributed by atoms with Crippen molar-refractivity contribution in [2.24, 2.45) is 4.99 Å². The van der Waals surface area contributed by atoms with Gasteiger partial charge in [-0.25, -0.2) is 0 Å². The SMILES string of the molecule is CC1=NCC2=C1CNC2. The molecular formula is C7H10N2. The summed E-state index contributed by atoms with van der Waals surface area (Å²) in [7, 11) is 0. The standard InChI is InChI=1S/C7H10N2/c1-5-7-4-8-2-6(7)3-9-5/h8H,2-4H2,1H3. The van der Waals surface area contributed by atoms with Crippen LogP contribution < -0.4 is 5.32 Å². The predicted molar refractivity (Wildman–Crippen MR) is 37.9 cm³/mol. The summed E-state index contributed by atoms with van der Waals surface area (Å²) in [6, 6.07) is 0. The van der Waals surface area contributed by atoms with Crippen LogP contribution >= 0.6 is 0 Å². The van der Waals surface area contributed by atoms with Crippen molar-refractivity contribution in [1.29, 1.82) is 0 Å². The fourth-order valence-electron chi connectivity index (χ4n) is 1.41. The van der Waals surface area contributed by atoms with Gasteiger partial charge in [0.25, 0.3) is 0 Å². The Morgan fingerprint density at radius 2 is 2.33 bits per heavy atom. The molecule has 0 saturated heterocycles. The molecule has 2 rings (SSSR count). The first-order chi connectivity index (χ1) is 4.38. The molecule has 0 aromatic heterocycles. The third-order valence-electron chi connectivity index (χ3n) is 2.01. The molecule has 2 aliphatic heterocycles. The lowest BCUT2D eigenvalue weighted by molar-refractivity contribution is 0.854. The van der Waals surface area contributed by atoms with E-state index in [0.717, 1.165) is 19.6 Å². The van der Waals surface area contributed by atoms with Crippen LogP contribution in [0.2, 0.25) is 0 Å². The van der Waals surface area contributed by atoms with Crippen LogP contribution in [0.3, 0.4) is 0 Å². The van der Waals surface area contributed by atoms with Crippen molar-refractivity contribution in [3.63, 3.8) is 0 Å². The van der Waals surface area contributed by atoms with E-state index in [1.165, 1.54) is 16.9 Å². The van der Waals surface area contributed by atoms with Crippen LogP contribution in [0.15, 0.2) is 16.1 Å². The van der Waals surface area contributed by atoms with Crippen LogP contribution in [-0.2, 0) is 0 Å². The zero-order valence-electron chi connectivity index (χ0n) is 5.57. The molecule has 0 bridgehead atoms. The molecule has 0 aliphatic carbocycles. The average Bonchev–Trinajstić information content (AvgIpc) is 2.35. The normalized spacial score (nSPS) is 24.8. The van der Waals surface area contributed by atoms with Gasteiger partial charge >= 0.3 is 0 Å². The first-order valence-corrected chi connectivity index (χ1v) is 3.31. The summed E-state index contributed by atoms with van der Waals surface area (Å²) < 4.78 is 0. The Hall–Kier alpha value is -0.630. The van der Waals surface area contributed by atoms with Gasteiger partial charge in [-0.1, -0.05) is 0 Å². The van der Waals surface area contributed by atoms with Gasteiger partial charge < -0.3 is 5.32 Å². The number of rotatable bonds is 0. The van der Waals surface area contributed by atoms with Crippen molar-refractivity contribution in [2.45, 2.75) is 6.92 Å². The second-order valence-electron chi connectivity index (χ2n) is 2.59. The van der Waals surface area contributed by atoms with Gasteiger partial charge in [-0.15, -0.1) is 0 Å². The van der Waals surface area contributed by atoms with E-state index in [1.807, 2.05) is 0 Å². The van der Waals surface area contributed by atoms with Crippen molar-refractivity contribution in [2.75, 3.05) is 19.6 Å². The topological polar surface area (TPSA) is 24.4 Å². The fraction of sp³-hybridized carbons (Fsp3) is 0.571. The average molecular weight is 122 g/mol. The van der Waals surface area contributed by atoms with E-state index in [1.54, 1.807) is 0 Å². The third-order valence-corrected chi connectivity index (χ3v) is 2.01. The Balaban J connectivity index is 2.35. The minimum Gasteiger partial charge on any atom is -0.309 e. The molecule has 9 heavy (non-hydrogen) atoms. The second kappa shape index (κ2) is 1.67. The monoisotopic (exact) mass is 122 g/mol. The fourth-order valence-corrected chi connectivity index (χ4v) is 1.41. The van der Waals surface area contributed by atoms with E-state index in [2.05, 4.69) is 17.2 Å². The first kappa shape index (κ1) is 5.18. The molecule has 0 fully saturated rings. The predicted octanol–water partition coefficient (Wildman–Crippen LogP) is 0.361. The molecular weight excluding hydrogens is 112 g/mol. The molecule has 0 radical (unpaired) electrons. The maximum atomic E-state index is 4.32.